The molecule has 1 aliphatic rings. The van der Waals surface area contributed by atoms with Crippen molar-refractivity contribution in [2.45, 2.75) is 31.2 Å². The van der Waals surface area contributed by atoms with Gasteiger partial charge in [-0.2, -0.15) is 0 Å². The highest BCUT2D eigenvalue weighted by molar-refractivity contribution is 9.10. The number of carbonyl (C=O) groups excluding carboxylic acids is 1. The van der Waals surface area contributed by atoms with Gasteiger partial charge in [-0.05, 0) is 20.3 Å². The first kappa shape index (κ1) is 11.0. The Hall–Kier alpha value is -0.0900. The van der Waals surface area contributed by atoms with Crippen LogP contribution in [0.15, 0.2) is 0 Å². The molecule has 0 aromatic heterocycles. The van der Waals surface area contributed by atoms with Crippen LogP contribution in [0.2, 0.25) is 0 Å². The molecular formula is C9H16BrNO2. The predicted octanol–water partition coefficient (Wildman–Crippen LogP) is 1.41. The Morgan fingerprint density at radius 3 is 2.92 bits per heavy atom. The average Bonchev–Trinajstić information content (AvgIpc) is 2.37. The SMILES string of the molecule is CCOC(C)CN1CCC(Br)C1=O. The molecule has 13 heavy (non-hydrogen) atoms. The van der Waals surface area contributed by atoms with E-state index in [0.717, 1.165) is 19.5 Å². The van der Waals surface area contributed by atoms with Crippen LogP contribution in [0.1, 0.15) is 20.3 Å². The van der Waals surface area contributed by atoms with Crippen LogP contribution in [0, 0.1) is 0 Å². The van der Waals surface area contributed by atoms with E-state index in [4.69, 9.17) is 4.74 Å². The number of ether oxygens (including phenoxy) is 1. The first-order valence-electron chi connectivity index (χ1n) is 4.69. The first-order chi connectivity index (χ1) is 6.15. The summed E-state index contributed by atoms with van der Waals surface area (Å²) in [5.41, 5.74) is 0. The fourth-order valence-electron chi connectivity index (χ4n) is 1.53. The van der Waals surface area contributed by atoms with Crippen molar-refractivity contribution in [1.82, 2.24) is 4.90 Å². The van der Waals surface area contributed by atoms with Crippen LogP contribution < -0.4 is 0 Å². The molecule has 0 saturated carbocycles. The fourth-order valence-corrected chi connectivity index (χ4v) is 2.02. The van der Waals surface area contributed by atoms with E-state index in [1.54, 1.807) is 0 Å². The van der Waals surface area contributed by atoms with Gasteiger partial charge in [0.1, 0.15) is 0 Å². The van der Waals surface area contributed by atoms with Crippen molar-refractivity contribution >= 4 is 21.8 Å². The van der Waals surface area contributed by atoms with E-state index in [1.807, 2.05) is 18.7 Å². The molecule has 2 atom stereocenters. The summed E-state index contributed by atoms with van der Waals surface area (Å²) in [6.45, 7) is 6.25. The molecule has 1 saturated heterocycles. The van der Waals surface area contributed by atoms with Crippen LogP contribution in [-0.4, -0.2) is 41.4 Å². The van der Waals surface area contributed by atoms with Crippen molar-refractivity contribution in [3.8, 4) is 0 Å². The minimum Gasteiger partial charge on any atom is -0.377 e. The number of alkyl halides is 1. The maximum absolute atomic E-state index is 11.5. The Morgan fingerprint density at radius 2 is 2.46 bits per heavy atom. The van der Waals surface area contributed by atoms with Crippen molar-refractivity contribution in [2.75, 3.05) is 19.7 Å². The number of rotatable bonds is 4. The second kappa shape index (κ2) is 4.96. The van der Waals surface area contributed by atoms with E-state index in [-0.39, 0.29) is 16.8 Å². The van der Waals surface area contributed by atoms with Gasteiger partial charge in [0.25, 0.3) is 0 Å². The third kappa shape index (κ3) is 2.95. The molecule has 0 spiro atoms. The molecule has 1 amide bonds. The molecule has 0 aromatic carbocycles. The van der Waals surface area contributed by atoms with Crippen LogP contribution >= 0.6 is 15.9 Å². The van der Waals surface area contributed by atoms with Gasteiger partial charge in [-0.15, -0.1) is 0 Å². The smallest absolute Gasteiger partial charge is 0.236 e. The summed E-state index contributed by atoms with van der Waals surface area (Å²) >= 11 is 3.34. The van der Waals surface area contributed by atoms with E-state index >= 15 is 0 Å². The van der Waals surface area contributed by atoms with Crippen molar-refractivity contribution in [3.63, 3.8) is 0 Å². The Bertz CT molecular complexity index is 186. The molecule has 0 bridgehead atoms. The third-order valence-electron chi connectivity index (χ3n) is 2.16. The van der Waals surface area contributed by atoms with Gasteiger partial charge in [0.05, 0.1) is 10.9 Å². The summed E-state index contributed by atoms with van der Waals surface area (Å²) in [5.74, 6) is 0.201. The molecule has 0 aromatic rings. The van der Waals surface area contributed by atoms with Gasteiger partial charge < -0.3 is 9.64 Å². The lowest BCUT2D eigenvalue weighted by molar-refractivity contribution is -0.128. The van der Waals surface area contributed by atoms with E-state index in [2.05, 4.69) is 15.9 Å². The molecule has 1 rings (SSSR count). The maximum atomic E-state index is 11.5. The van der Waals surface area contributed by atoms with Crippen molar-refractivity contribution in [3.05, 3.63) is 0 Å². The van der Waals surface area contributed by atoms with E-state index in [9.17, 15) is 4.79 Å². The third-order valence-corrected chi connectivity index (χ3v) is 3.01. The van der Waals surface area contributed by atoms with Gasteiger partial charge in [0, 0.05) is 19.7 Å². The zero-order chi connectivity index (χ0) is 9.84. The first-order valence-corrected chi connectivity index (χ1v) is 5.61. The van der Waals surface area contributed by atoms with Gasteiger partial charge in [-0.25, -0.2) is 0 Å². The minimum absolute atomic E-state index is 0.0290. The lowest BCUT2D eigenvalue weighted by Crippen LogP contribution is -2.34. The predicted molar refractivity (Wildman–Crippen MR) is 55.0 cm³/mol. The number of hydrogen-bond donors (Lipinski definition) is 0. The molecule has 3 nitrogen and oxygen atoms in total. The summed E-state index contributed by atoms with van der Waals surface area (Å²) in [4.78, 5) is 13.4. The summed E-state index contributed by atoms with van der Waals surface area (Å²) in [5, 5.41) is 0. The number of nitrogens with zero attached hydrogens (tertiary/aromatic N) is 1. The second-order valence-corrected chi connectivity index (χ2v) is 4.41. The molecule has 0 N–H and O–H groups in total. The van der Waals surface area contributed by atoms with Crippen LogP contribution in [0.4, 0.5) is 0 Å². The number of hydrogen-bond acceptors (Lipinski definition) is 2. The Morgan fingerprint density at radius 1 is 1.77 bits per heavy atom. The highest BCUT2D eigenvalue weighted by atomic mass is 79.9. The van der Waals surface area contributed by atoms with E-state index < -0.39 is 0 Å². The highest BCUT2D eigenvalue weighted by Crippen LogP contribution is 2.18. The van der Waals surface area contributed by atoms with Gasteiger partial charge in [0.15, 0.2) is 0 Å². The quantitative estimate of drug-likeness (QED) is 0.706. The summed E-state index contributed by atoms with van der Waals surface area (Å²) in [6.07, 6.45) is 1.06. The largest absolute Gasteiger partial charge is 0.377 e. The van der Waals surface area contributed by atoms with Gasteiger partial charge in [-0.3, -0.25) is 4.79 Å². The molecule has 1 aliphatic heterocycles. The molecule has 1 heterocycles. The molecule has 4 heteroatoms. The van der Waals surface area contributed by atoms with Gasteiger partial charge in [-0.1, -0.05) is 15.9 Å². The van der Waals surface area contributed by atoms with Crippen molar-refractivity contribution in [1.29, 1.82) is 0 Å². The second-order valence-electron chi connectivity index (χ2n) is 3.31. The maximum Gasteiger partial charge on any atom is 0.236 e. The van der Waals surface area contributed by atoms with Crippen LogP contribution in [0.3, 0.4) is 0 Å². The molecule has 1 fully saturated rings. The van der Waals surface area contributed by atoms with E-state index in [1.165, 1.54) is 0 Å². The van der Waals surface area contributed by atoms with Crippen LogP contribution in [0.5, 0.6) is 0 Å². The number of amides is 1. The van der Waals surface area contributed by atoms with Crippen molar-refractivity contribution in [2.24, 2.45) is 0 Å². The lowest BCUT2D eigenvalue weighted by Gasteiger charge is -2.20. The topological polar surface area (TPSA) is 29.5 Å². The fraction of sp³-hybridized carbons (Fsp3) is 0.889. The minimum atomic E-state index is 0.0290. The summed E-state index contributed by atoms with van der Waals surface area (Å²) in [6, 6.07) is 0. The molecule has 76 valence electrons. The summed E-state index contributed by atoms with van der Waals surface area (Å²) < 4.78 is 5.38. The molecule has 0 radical (unpaired) electrons. The normalized spacial score (nSPS) is 25.3. The van der Waals surface area contributed by atoms with Crippen molar-refractivity contribution < 1.29 is 9.53 Å². The van der Waals surface area contributed by atoms with Crippen LogP contribution in [-0.2, 0) is 9.53 Å². The molecule has 0 aliphatic carbocycles. The Kier molecular flexibility index (Phi) is 4.19. The lowest BCUT2D eigenvalue weighted by atomic mass is 10.3. The number of likely N-dealkylation sites (tertiary alicyclic amines) is 1. The number of halogens is 1. The standard InChI is InChI=1S/C9H16BrNO2/c1-3-13-7(2)6-11-5-4-8(10)9(11)12/h7-8H,3-6H2,1-2H3. The highest BCUT2D eigenvalue weighted by Gasteiger charge is 2.29. The Labute approximate surface area is 87.6 Å². The Balaban J connectivity index is 2.33. The zero-order valence-corrected chi connectivity index (χ0v) is 9.71. The average molecular weight is 250 g/mol. The number of carbonyl (C=O) groups is 1. The summed E-state index contributed by atoms with van der Waals surface area (Å²) in [7, 11) is 0. The van der Waals surface area contributed by atoms with Gasteiger partial charge >= 0.3 is 0 Å². The van der Waals surface area contributed by atoms with Crippen LogP contribution in [0.25, 0.3) is 0 Å². The van der Waals surface area contributed by atoms with E-state index in [0.29, 0.717) is 6.61 Å². The monoisotopic (exact) mass is 249 g/mol. The zero-order valence-electron chi connectivity index (χ0n) is 8.12. The van der Waals surface area contributed by atoms with Gasteiger partial charge in [0.2, 0.25) is 5.91 Å². The molecular weight excluding hydrogens is 234 g/mol. The molecule has 2 unspecified atom stereocenters.